The van der Waals surface area contributed by atoms with Crippen LogP contribution >= 0.6 is 0 Å². The van der Waals surface area contributed by atoms with Crippen LogP contribution in [0.1, 0.15) is 13.3 Å². The first kappa shape index (κ1) is 20.0. The van der Waals surface area contributed by atoms with Gasteiger partial charge in [-0.25, -0.2) is 29.0 Å². The van der Waals surface area contributed by atoms with Crippen molar-refractivity contribution in [1.29, 1.82) is 5.26 Å². The summed E-state index contributed by atoms with van der Waals surface area (Å²) in [6.45, 7) is 1.96. The summed E-state index contributed by atoms with van der Waals surface area (Å²) in [5.74, 6) is 5.21. The van der Waals surface area contributed by atoms with Gasteiger partial charge in [-0.2, -0.15) is 14.7 Å². The normalized spacial score (nSPS) is 16.2. The first-order valence-electron chi connectivity index (χ1n) is 9.08. The van der Waals surface area contributed by atoms with Gasteiger partial charge < -0.3 is 0 Å². The van der Waals surface area contributed by atoms with Gasteiger partial charge in [0.05, 0.1) is 30.1 Å². The summed E-state index contributed by atoms with van der Waals surface area (Å²) in [6, 6.07) is 3.29. The Kier molecular flexibility index (Phi) is 4.77. The van der Waals surface area contributed by atoms with E-state index in [1.54, 1.807) is 30.1 Å². The highest BCUT2D eigenvalue weighted by atomic mass is 32.2. The number of hydrogen-bond acceptors (Lipinski definition) is 8. The van der Waals surface area contributed by atoms with Crippen molar-refractivity contribution >= 4 is 27.1 Å². The molecule has 3 aromatic heterocycles. The zero-order chi connectivity index (χ0) is 21.5. The first-order valence-corrected chi connectivity index (χ1v) is 10.7. The van der Waals surface area contributed by atoms with E-state index in [1.807, 2.05) is 0 Å². The molecule has 0 aliphatic carbocycles. The summed E-state index contributed by atoms with van der Waals surface area (Å²) in [7, 11) is -3.33. The lowest BCUT2D eigenvalue weighted by molar-refractivity contribution is 0.0719. The summed E-state index contributed by atoms with van der Waals surface area (Å²) in [6.07, 6.45) is 6.31. The first-order chi connectivity index (χ1) is 14.3. The van der Waals surface area contributed by atoms with Crippen molar-refractivity contribution in [2.45, 2.75) is 18.9 Å². The van der Waals surface area contributed by atoms with Gasteiger partial charge in [0, 0.05) is 36.4 Å². The lowest BCUT2D eigenvalue weighted by Gasteiger charge is -2.47. The smallest absolute Gasteiger partial charge is 0.275 e. The molecule has 1 saturated heterocycles. The monoisotopic (exact) mass is 429 g/mol. The number of nitrogens with one attached hydrogen (secondary N) is 1. The number of nitrogens with zero attached hydrogens (tertiary/aromatic N) is 7. The molecule has 0 radical (unpaired) electrons. The molecule has 3 N–H and O–H groups in total. The Bertz CT molecular complexity index is 1270. The van der Waals surface area contributed by atoms with Gasteiger partial charge in [0.25, 0.3) is 0 Å². The van der Waals surface area contributed by atoms with E-state index in [4.69, 9.17) is 5.84 Å². The van der Waals surface area contributed by atoms with Crippen LogP contribution in [0.4, 0.5) is 4.79 Å². The van der Waals surface area contributed by atoms with Gasteiger partial charge in [-0.3, -0.25) is 14.7 Å². The van der Waals surface area contributed by atoms with Crippen LogP contribution in [0.2, 0.25) is 0 Å². The molecule has 4 heterocycles. The molecule has 0 bridgehead atoms. The second kappa shape index (κ2) is 7.17. The van der Waals surface area contributed by atoms with Crippen LogP contribution in [0.25, 0.3) is 22.3 Å². The topological polar surface area (TPSA) is 165 Å². The summed E-state index contributed by atoms with van der Waals surface area (Å²) < 4.78 is 28.5. The maximum Gasteiger partial charge on any atom is 0.341 e. The SMILES string of the molecule is CCS(=O)(=O)N1CC(CC#N)(n2cc(-c3ncnc4c3ccn4C(=O)NN)cn2)C1. The molecule has 0 spiro atoms. The van der Waals surface area contributed by atoms with E-state index < -0.39 is 21.6 Å². The number of carbonyl (C=O) groups excluding carboxylic acids is 1. The number of hydrazine groups is 1. The van der Waals surface area contributed by atoms with Crippen LogP contribution in [0.5, 0.6) is 0 Å². The second-order valence-electron chi connectivity index (χ2n) is 7.00. The van der Waals surface area contributed by atoms with Crippen LogP contribution in [-0.2, 0) is 15.6 Å². The van der Waals surface area contributed by atoms with Crippen molar-refractivity contribution in [3.8, 4) is 17.3 Å². The number of nitrogen functional groups attached to an aromatic ring is 1. The van der Waals surface area contributed by atoms with Gasteiger partial charge >= 0.3 is 6.03 Å². The molecule has 1 amide bonds. The molecular weight excluding hydrogens is 410 g/mol. The van der Waals surface area contributed by atoms with Crippen LogP contribution in [0.3, 0.4) is 0 Å². The lowest BCUT2D eigenvalue weighted by Crippen LogP contribution is -2.64. The van der Waals surface area contributed by atoms with Gasteiger partial charge in [-0.15, -0.1) is 0 Å². The van der Waals surface area contributed by atoms with Gasteiger partial charge in [0.1, 0.15) is 11.9 Å². The van der Waals surface area contributed by atoms with E-state index in [1.165, 1.54) is 21.4 Å². The van der Waals surface area contributed by atoms with Gasteiger partial charge in [-0.05, 0) is 13.0 Å². The molecule has 3 aromatic rings. The Balaban J connectivity index is 1.70. The van der Waals surface area contributed by atoms with Gasteiger partial charge in [0.2, 0.25) is 10.0 Å². The van der Waals surface area contributed by atoms with Crippen LogP contribution < -0.4 is 11.3 Å². The van der Waals surface area contributed by atoms with Crippen molar-refractivity contribution in [3.63, 3.8) is 0 Å². The fourth-order valence-corrected chi connectivity index (χ4v) is 4.83. The molecule has 156 valence electrons. The number of amides is 1. The third-order valence-electron chi connectivity index (χ3n) is 5.27. The van der Waals surface area contributed by atoms with Crippen molar-refractivity contribution in [1.82, 2.24) is 34.0 Å². The Morgan fingerprint density at radius 3 is 2.83 bits per heavy atom. The summed E-state index contributed by atoms with van der Waals surface area (Å²) in [5, 5.41) is 14.3. The molecule has 0 aromatic carbocycles. The van der Waals surface area contributed by atoms with Crippen molar-refractivity contribution in [2.75, 3.05) is 18.8 Å². The third kappa shape index (κ3) is 3.02. The highest BCUT2D eigenvalue weighted by Crippen LogP contribution is 2.35. The van der Waals surface area contributed by atoms with E-state index in [0.717, 1.165) is 0 Å². The molecule has 30 heavy (non-hydrogen) atoms. The quantitative estimate of drug-likeness (QED) is 0.325. The molecule has 4 rings (SSSR count). The average molecular weight is 429 g/mol. The van der Waals surface area contributed by atoms with E-state index in [9.17, 15) is 18.5 Å². The van der Waals surface area contributed by atoms with Crippen LogP contribution in [-0.4, -0.2) is 61.9 Å². The Morgan fingerprint density at radius 1 is 1.40 bits per heavy atom. The maximum absolute atomic E-state index is 12.1. The predicted octanol–water partition coefficient (Wildman–Crippen LogP) is 0.000480. The zero-order valence-corrected chi connectivity index (χ0v) is 16.9. The Hall–Kier alpha value is -3.34. The molecule has 12 nitrogen and oxygen atoms in total. The van der Waals surface area contributed by atoms with E-state index in [0.29, 0.717) is 22.3 Å². The summed E-state index contributed by atoms with van der Waals surface area (Å²) in [4.78, 5) is 20.4. The molecule has 13 heteroatoms. The standard InChI is InChI=1S/C17H19N9O3S/c1-2-30(28,29)24-9-17(10-24,4-5-18)26-8-12(7-22-26)14-13-3-6-25(16(27)23-19)15(13)21-11-20-14/h3,6-8,11H,2,4,9-10,19H2,1H3,(H,23,27). The number of nitrogens with two attached hydrogens (primary N) is 1. The third-order valence-corrected chi connectivity index (χ3v) is 7.05. The number of aromatic nitrogens is 5. The molecular formula is C17H19N9O3S. The minimum Gasteiger partial charge on any atom is -0.275 e. The number of sulfonamides is 1. The fourth-order valence-electron chi connectivity index (χ4n) is 3.59. The average Bonchev–Trinajstić information content (AvgIpc) is 3.37. The number of hydrogen-bond donors (Lipinski definition) is 2. The summed E-state index contributed by atoms with van der Waals surface area (Å²) in [5.41, 5.74) is 2.92. The molecule has 0 atom stereocenters. The second-order valence-corrected chi connectivity index (χ2v) is 9.25. The van der Waals surface area contributed by atoms with Crippen molar-refractivity contribution in [2.24, 2.45) is 5.84 Å². The summed E-state index contributed by atoms with van der Waals surface area (Å²) >= 11 is 0. The number of rotatable bonds is 5. The van der Waals surface area contributed by atoms with Gasteiger partial charge in [-0.1, -0.05) is 0 Å². The number of fused-ring (bicyclic) bond motifs is 1. The van der Waals surface area contributed by atoms with E-state index >= 15 is 0 Å². The largest absolute Gasteiger partial charge is 0.341 e. The maximum atomic E-state index is 12.1. The number of nitriles is 1. The van der Waals surface area contributed by atoms with Crippen LogP contribution in [0.15, 0.2) is 31.0 Å². The van der Waals surface area contributed by atoms with Crippen LogP contribution in [0, 0.1) is 11.3 Å². The molecule has 0 saturated carbocycles. The fraction of sp³-hybridized carbons (Fsp3) is 0.353. The molecule has 1 aliphatic rings. The Morgan fingerprint density at radius 2 is 2.17 bits per heavy atom. The predicted molar refractivity (Wildman–Crippen MR) is 106 cm³/mol. The lowest BCUT2D eigenvalue weighted by atomic mass is 9.89. The minimum atomic E-state index is -3.33. The van der Waals surface area contributed by atoms with Crippen molar-refractivity contribution in [3.05, 3.63) is 31.0 Å². The molecule has 0 unspecified atom stereocenters. The Labute approximate surface area is 171 Å². The molecule has 1 aliphatic heterocycles. The van der Waals surface area contributed by atoms with E-state index in [-0.39, 0.29) is 25.3 Å². The minimum absolute atomic E-state index is 0.00623. The van der Waals surface area contributed by atoms with E-state index in [2.05, 4.69) is 26.6 Å². The van der Waals surface area contributed by atoms with Gasteiger partial charge in [0.15, 0.2) is 5.65 Å². The van der Waals surface area contributed by atoms with Crippen molar-refractivity contribution < 1.29 is 13.2 Å². The highest BCUT2D eigenvalue weighted by molar-refractivity contribution is 7.89. The molecule has 1 fully saturated rings. The zero-order valence-electron chi connectivity index (χ0n) is 16.1. The number of carbonyl (C=O) groups is 1. The highest BCUT2D eigenvalue weighted by Gasteiger charge is 2.49.